The van der Waals surface area contributed by atoms with Crippen molar-refractivity contribution in [3.8, 4) is 0 Å². The SMILES string of the molecule is CCCNC(Cc1c(Cl)c(C)nn1C)C1(C)CCCS1. The highest BCUT2D eigenvalue weighted by atomic mass is 35.5. The maximum absolute atomic E-state index is 6.43. The van der Waals surface area contributed by atoms with E-state index >= 15 is 0 Å². The van der Waals surface area contributed by atoms with E-state index in [-0.39, 0.29) is 0 Å². The van der Waals surface area contributed by atoms with Gasteiger partial charge in [0.2, 0.25) is 0 Å². The molecule has 1 N–H and O–H groups in total. The van der Waals surface area contributed by atoms with E-state index in [1.165, 1.54) is 18.6 Å². The third-order valence-corrected chi connectivity index (χ3v) is 6.42. The van der Waals surface area contributed by atoms with Crippen LogP contribution in [-0.4, -0.2) is 32.9 Å². The van der Waals surface area contributed by atoms with E-state index < -0.39 is 0 Å². The predicted octanol–water partition coefficient (Wildman–Crippen LogP) is 3.58. The second-order valence-electron chi connectivity index (χ2n) is 5.95. The number of hydrogen-bond acceptors (Lipinski definition) is 3. The Bertz CT molecular complexity index is 452. The van der Waals surface area contributed by atoms with E-state index in [1.807, 2.05) is 18.7 Å². The summed E-state index contributed by atoms with van der Waals surface area (Å²) in [6.45, 7) is 7.66. The Labute approximate surface area is 131 Å². The minimum atomic E-state index is 0.316. The van der Waals surface area contributed by atoms with Crippen molar-refractivity contribution in [1.82, 2.24) is 15.1 Å². The fourth-order valence-corrected chi connectivity index (χ4v) is 4.64. The van der Waals surface area contributed by atoms with Gasteiger partial charge >= 0.3 is 0 Å². The van der Waals surface area contributed by atoms with Gasteiger partial charge in [0.05, 0.1) is 16.4 Å². The molecule has 2 unspecified atom stereocenters. The average Bonchev–Trinajstić information content (AvgIpc) is 2.94. The molecule has 0 aliphatic carbocycles. The summed E-state index contributed by atoms with van der Waals surface area (Å²) < 4.78 is 2.26. The average molecular weight is 316 g/mol. The molecule has 0 aromatic carbocycles. The van der Waals surface area contributed by atoms with Crippen LogP contribution in [0.25, 0.3) is 0 Å². The number of nitrogens with one attached hydrogen (secondary N) is 1. The molecule has 1 saturated heterocycles. The lowest BCUT2D eigenvalue weighted by Gasteiger charge is -2.34. The monoisotopic (exact) mass is 315 g/mol. The smallest absolute Gasteiger partial charge is 0.0847 e. The Morgan fingerprint density at radius 3 is 2.80 bits per heavy atom. The zero-order valence-electron chi connectivity index (χ0n) is 13.0. The lowest BCUT2D eigenvalue weighted by Crippen LogP contribution is -2.47. The van der Waals surface area contributed by atoms with Crippen molar-refractivity contribution in [2.45, 2.75) is 57.2 Å². The van der Waals surface area contributed by atoms with Crippen LogP contribution in [0.15, 0.2) is 0 Å². The largest absolute Gasteiger partial charge is 0.312 e. The topological polar surface area (TPSA) is 29.9 Å². The zero-order chi connectivity index (χ0) is 14.8. The summed E-state index contributed by atoms with van der Waals surface area (Å²) in [6.07, 6.45) is 4.73. The van der Waals surface area contributed by atoms with Crippen molar-refractivity contribution >= 4 is 23.4 Å². The van der Waals surface area contributed by atoms with E-state index in [1.54, 1.807) is 0 Å². The number of aromatic nitrogens is 2. The van der Waals surface area contributed by atoms with Gasteiger partial charge < -0.3 is 5.32 Å². The quantitative estimate of drug-likeness (QED) is 0.870. The molecule has 1 fully saturated rings. The Kier molecular flexibility index (Phi) is 5.43. The summed E-state index contributed by atoms with van der Waals surface area (Å²) in [5.74, 6) is 1.28. The predicted molar refractivity (Wildman–Crippen MR) is 88.8 cm³/mol. The highest BCUT2D eigenvalue weighted by Gasteiger charge is 2.38. The third kappa shape index (κ3) is 3.34. The molecule has 2 rings (SSSR count). The molecular weight excluding hydrogens is 290 g/mol. The molecule has 1 aromatic heterocycles. The minimum Gasteiger partial charge on any atom is -0.312 e. The van der Waals surface area contributed by atoms with Gasteiger partial charge in [-0.1, -0.05) is 18.5 Å². The number of hydrogen-bond donors (Lipinski definition) is 1. The minimum absolute atomic E-state index is 0.316. The summed E-state index contributed by atoms with van der Waals surface area (Å²) in [7, 11) is 2.00. The highest BCUT2D eigenvalue weighted by molar-refractivity contribution is 8.00. The van der Waals surface area contributed by atoms with E-state index in [4.69, 9.17) is 11.6 Å². The molecule has 2 heterocycles. The summed E-state index contributed by atoms with van der Waals surface area (Å²) in [5.41, 5.74) is 2.09. The molecule has 0 bridgehead atoms. The first-order chi connectivity index (χ1) is 9.48. The second-order valence-corrected chi connectivity index (χ2v) is 7.95. The zero-order valence-corrected chi connectivity index (χ0v) is 14.6. The van der Waals surface area contributed by atoms with Gasteiger partial charge in [0.15, 0.2) is 0 Å². The molecule has 2 atom stereocenters. The van der Waals surface area contributed by atoms with Gasteiger partial charge in [-0.15, -0.1) is 0 Å². The van der Waals surface area contributed by atoms with Crippen LogP contribution in [0.3, 0.4) is 0 Å². The number of nitrogens with zero attached hydrogens (tertiary/aromatic N) is 2. The van der Waals surface area contributed by atoms with Crippen LogP contribution in [0.1, 0.15) is 44.5 Å². The van der Waals surface area contributed by atoms with Gasteiger partial charge in [-0.2, -0.15) is 16.9 Å². The molecule has 0 spiro atoms. The van der Waals surface area contributed by atoms with E-state index in [0.29, 0.717) is 10.8 Å². The number of rotatable bonds is 6. The molecule has 20 heavy (non-hydrogen) atoms. The van der Waals surface area contributed by atoms with Crippen molar-refractivity contribution in [3.05, 3.63) is 16.4 Å². The summed E-state index contributed by atoms with van der Waals surface area (Å²) in [5, 5.41) is 9.02. The molecular formula is C15H26ClN3S. The first kappa shape index (κ1) is 16.2. The lowest BCUT2D eigenvalue weighted by atomic mass is 9.92. The standard InChI is InChI=1S/C15H26ClN3S/c1-5-8-17-13(15(3)7-6-9-20-15)10-12-14(16)11(2)18-19(12)4/h13,17H,5-10H2,1-4H3. The van der Waals surface area contributed by atoms with Gasteiger partial charge in [0.25, 0.3) is 0 Å². The Morgan fingerprint density at radius 1 is 1.55 bits per heavy atom. The molecule has 3 nitrogen and oxygen atoms in total. The van der Waals surface area contributed by atoms with Gasteiger partial charge in [0.1, 0.15) is 0 Å². The van der Waals surface area contributed by atoms with Crippen LogP contribution in [0.5, 0.6) is 0 Å². The van der Waals surface area contributed by atoms with Crippen LogP contribution in [0.2, 0.25) is 5.02 Å². The normalized spacial score (nSPS) is 24.2. The fraction of sp³-hybridized carbons (Fsp3) is 0.800. The van der Waals surface area contributed by atoms with Crippen molar-refractivity contribution in [2.75, 3.05) is 12.3 Å². The van der Waals surface area contributed by atoms with Crippen LogP contribution in [0, 0.1) is 6.92 Å². The van der Waals surface area contributed by atoms with Gasteiger partial charge in [-0.05, 0) is 45.4 Å². The second kappa shape index (κ2) is 6.71. The summed E-state index contributed by atoms with van der Waals surface area (Å²) in [6, 6.07) is 0.460. The third-order valence-electron chi connectivity index (χ3n) is 4.29. The van der Waals surface area contributed by atoms with E-state index in [9.17, 15) is 0 Å². The molecule has 0 amide bonds. The molecule has 1 aliphatic rings. The van der Waals surface area contributed by atoms with E-state index in [0.717, 1.165) is 35.8 Å². The van der Waals surface area contributed by atoms with E-state index in [2.05, 4.69) is 36.0 Å². The Hall–Kier alpha value is -0.190. The summed E-state index contributed by atoms with van der Waals surface area (Å²) in [4.78, 5) is 0. The Balaban J connectivity index is 2.19. The van der Waals surface area contributed by atoms with Crippen LogP contribution in [-0.2, 0) is 13.5 Å². The van der Waals surface area contributed by atoms with Crippen molar-refractivity contribution in [2.24, 2.45) is 7.05 Å². The van der Waals surface area contributed by atoms with Gasteiger partial charge in [0, 0.05) is 24.3 Å². The first-order valence-corrected chi connectivity index (χ1v) is 8.89. The Morgan fingerprint density at radius 2 is 2.30 bits per heavy atom. The van der Waals surface area contributed by atoms with Gasteiger partial charge in [-0.25, -0.2) is 0 Å². The van der Waals surface area contributed by atoms with Crippen LogP contribution < -0.4 is 5.32 Å². The molecule has 1 aliphatic heterocycles. The van der Waals surface area contributed by atoms with Crippen molar-refractivity contribution in [3.63, 3.8) is 0 Å². The van der Waals surface area contributed by atoms with Crippen molar-refractivity contribution < 1.29 is 0 Å². The highest BCUT2D eigenvalue weighted by Crippen LogP contribution is 2.41. The van der Waals surface area contributed by atoms with Gasteiger partial charge in [-0.3, -0.25) is 4.68 Å². The van der Waals surface area contributed by atoms with Crippen LogP contribution >= 0.6 is 23.4 Å². The molecule has 0 saturated carbocycles. The summed E-state index contributed by atoms with van der Waals surface area (Å²) >= 11 is 8.53. The number of aryl methyl sites for hydroxylation is 2. The molecule has 0 radical (unpaired) electrons. The number of halogens is 1. The lowest BCUT2D eigenvalue weighted by molar-refractivity contribution is 0.392. The molecule has 5 heteroatoms. The number of thioether (sulfide) groups is 1. The molecule has 1 aromatic rings. The van der Waals surface area contributed by atoms with Crippen LogP contribution in [0.4, 0.5) is 0 Å². The first-order valence-electron chi connectivity index (χ1n) is 7.53. The maximum atomic E-state index is 6.43. The maximum Gasteiger partial charge on any atom is 0.0847 e. The fourth-order valence-electron chi connectivity index (χ4n) is 2.99. The van der Waals surface area contributed by atoms with Crippen molar-refractivity contribution in [1.29, 1.82) is 0 Å². The molecule has 114 valence electrons.